The van der Waals surface area contributed by atoms with Crippen molar-refractivity contribution in [2.24, 2.45) is 0 Å². The van der Waals surface area contributed by atoms with Crippen LogP contribution in [0.5, 0.6) is 11.5 Å². The van der Waals surface area contributed by atoms with Crippen molar-refractivity contribution in [3.63, 3.8) is 0 Å². The summed E-state index contributed by atoms with van der Waals surface area (Å²) in [4.78, 5) is 11.2. The summed E-state index contributed by atoms with van der Waals surface area (Å²) in [6.45, 7) is 3.51. The third-order valence-electron chi connectivity index (χ3n) is 2.58. The standard InChI is InChI=1S/C15H13ClO2/c1-10-3-8-14(16)15(9-10)18-13-6-4-12(5-7-13)11(2)17/h3-9H,1-2H3. The van der Waals surface area contributed by atoms with Crippen molar-refractivity contribution < 1.29 is 9.53 Å². The van der Waals surface area contributed by atoms with Gasteiger partial charge >= 0.3 is 0 Å². The van der Waals surface area contributed by atoms with Crippen LogP contribution in [-0.2, 0) is 0 Å². The summed E-state index contributed by atoms with van der Waals surface area (Å²) in [7, 11) is 0. The summed E-state index contributed by atoms with van der Waals surface area (Å²) in [5.74, 6) is 1.31. The van der Waals surface area contributed by atoms with Gasteiger partial charge in [-0.05, 0) is 55.8 Å². The lowest BCUT2D eigenvalue weighted by Gasteiger charge is -2.08. The topological polar surface area (TPSA) is 26.3 Å². The summed E-state index contributed by atoms with van der Waals surface area (Å²) in [6.07, 6.45) is 0. The summed E-state index contributed by atoms with van der Waals surface area (Å²) in [6, 6.07) is 12.6. The smallest absolute Gasteiger partial charge is 0.159 e. The van der Waals surface area contributed by atoms with Gasteiger partial charge in [-0.2, -0.15) is 0 Å². The maximum Gasteiger partial charge on any atom is 0.159 e. The van der Waals surface area contributed by atoms with Crippen LogP contribution in [0.1, 0.15) is 22.8 Å². The Labute approximate surface area is 111 Å². The maximum absolute atomic E-state index is 11.2. The van der Waals surface area contributed by atoms with E-state index in [0.717, 1.165) is 5.56 Å². The Hall–Kier alpha value is -1.80. The van der Waals surface area contributed by atoms with Crippen molar-refractivity contribution >= 4 is 17.4 Å². The van der Waals surface area contributed by atoms with Gasteiger partial charge in [0.25, 0.3) is 0 Å². The van der Waals surface area contributed by atoms with Crippen LogP contribution in [0.3, 0.4) is 0 Å². The molecule has 92 valence electrons. The van der Waals surface area contributed by atoms with Crippen molar-refractivity contribution in [3.05, 3.63) is 58.6 Å². The van der Waals surface area contributed by atoms with Crippen molar-refractivity contribution in [2.75, 3.05) is 0 Å². The van der Waals surface area contributed by atoms with Gasteiger partial charge in [-0.3, -0.25) is 4.79 Å². The lowest BCUT2D eigenvalue weighted by molar-refractivity contribution is 0.101. The molecule has 0 heterocycles. The molecule has 0 unspecified atom stereocenters. The van der Waals surface area contributed by atoms with E-state index in [-0.39, 0.29) is 5.78 Å². The number of ether oxygens (including phenoxy) is 1. The van der Waals surface area contributed by atoms with Gasteiger partial charge in [0.15, 0.2) is 5.78 Å². The lowest BCUT2D eigenvalue weighted by atomic mass is 10.1. The first-order valence-corrected chi connectivity index (χ1v) is 5.99. The molecule has 0 spiro atoms. The molecule has 0 atom stereocenters. The lowest BCUT2D eigenvalue weighted by Crippen LogP contribution is -1.92. The Morgan fingerprint density at radius 1 is 1.11 bits per heavy atom. The van der Waals surface area contributed by atoms with E-state index in [1.54, 1.807) is 30.3 Å². The Balaban J connectivity index is 2.23. The third kappa shape index (κ3) is 2.90. The van der Waals surface area contributed by atoms with E-state index >= 15 is 0 Å². The molecule has 2 aromatic carbocycles. The van der Waals surface area contributed by atoms with E-state index in [9.17, 15) is 4.79 Å². The average molecular weight is 261 g/mol. The summed E-state index contributed by atoms with van der Waals surface area (Å²) >= 11 is 6.05. The van der Waals surface area contributed by atoms with Crippen LogP contribution in [0.2, 0.25) is 5.02 Å². The Bertz CT molecular complexity index is 574. The molecule has 18 heavy (non-hydrogen) atoms. The van der Waals surface area contributed by atoms with E-state index in [2.05, 4.69) is 0 Å². The number of benzene rings is 2. The van der Waals surface area contributed by atoms with Crippen LogP contribution >= 0.6 is 11.6 Å². The van der Waals surface area contributed by atoms with Crippen LogP contribution in [0.15, 0.2) is 42.5 Å². The summed E-state index contributed by atoms with van der Waals surface area (Å²) in [5, 5.41) is 0.566. The molecule has 2 aromatic rings. The monoisotopic (exact) mass is 260 g/mol. The van der Waals surface area contributed by atoms with Crippen LogP contribution < -0.4 is 4.74 Å². The minimum absolute atomic E-state index is 0.0372. The van der Waals surface area contributed by atoms with Gasteiger partial charge in [-0.25, -0.2) is 0 Å². The number of rotatable bonds is 3. The predicted molar refractivity (Wildman–Crippen MR) is 72.7 cm³/mol. The van der Waals surface area contributed by atoms with E-state index in [1.165, 1.54) is 6.92 Å². The van der Waals surface area contributed by atoms with Gasteiger partial charge in [0.05, 0.1) is 5.02 Å². The molecule has 0 amide bonds. The maximum atomic E-state index is 11.2. The number of aryl methyl sites for hydroxylation is 1. The van der Waals surface area contributed by atoms with Crippen molar-refractivity contribution in [1.29, 1.82) is 0 Å². The minimum atomic E-state index is 0.0372. The number of carbonyl (C=O) groups is 1. The fraction of sp³-hybridized carbons (Fsp3) is 0.133. The molecule has 0 bridgehead atoms. The molecule has 2 nitrogen and oxygen atoms in total. The first-order chi connectivity index (χ1) is 8.56. The molecule has 0 saturated heterocycles. The highest BCUT2D eigenvalue weighted by molar-refractivity contribution is 6.32. The molecule has 3 heteroatoms. The second-order valence-electron chi connectivity index (χ2n) is 4.12. The number of halogens is 1. The molecule has 0 fully saturated rings. The molecule has 0 N–H and O–H groups in total. The highest BCUT2D eigenvalue weighted by atomic mass is 35.5. The number of Topliss-reactive ketones (excluding diaryl/α,β-unsaturated/α-hetero) is 1. The predicted octanol–water partition coefficient (Wildman–Crippen LogP) is 4.64. The van der Waals surface area contributed by atoms with Gasteiger partial charge < -0.3 is 4.74 Å². The SMILES string of the molecule is CC(=O)c1ccc(Oc2cc(C)ccc2Cl)cc1. The van der Waals surface area contributed by atoms with Crippen molar-refractivity contribution in [2.45, 2.75) is 13.8 Å². The second-order valence-corrected chi connectivity index (χ2v) is 4.52. The fourth-order valence-electron chi connectivity index (χ4n) is 1.57. The van der Waals surface area contributed by atoms with Gasteiger partial charge in [-0.1, -0.05) is 17.7 Å². The zero-order valence-electron chi connectivity index (χ0n) is 10.2. The molecule has 0 aliphatic carbocycles. The summed E-state index contributed by atoms with van der Waals surface area (Å²) < 4.78 is 5.68. The Morgan fingerprint density at radius 2 is 1.78 bits per heavy atom. The van der Waals surface area contributed by atoms with Gasteiger partial charge in [0.1, 0.15) is 11.5 Å². The fourth-order valence-corrected chi connectivity index (χ4v) is 1.73. The molecule has 0 aliphatic heterocycles. The number of carbonyl (C=O) groups excluding carboxylic acids is 1. The van der Waals surface area contributed by atoms with E-state index in [1.807, 2.05) is 19.1 Å². The van der Waals surface area contributed by atoms with E-state index in [4.69, 9.17) is 16.3 Å². The van der Waals surface area contributed by atoms with Crippen molar-refractivity contribution in [3.8, 4) is 11.5 Å². The van der Waals surface area contributed by atoms with Crippen molar-refractivity contribution in [1.82, 2.24) is 0 Å². The van der Waals surface area contributed by atoms with E-state index in [0.29, 0.717) is 22.1 Å². The zero-order valence-corrected chi connectivity index (χ0v) is 11.0. The third-order valence-corrected chi connectivity index (χ3v) is 2.89. The van der Waals surface area contributed by atoms with Crippen LogP contribution in [0.25, 0.3) is 0 Å². The second kappa shape index (κ2) is 5.23. The number of hydrogen-bond donors (Lipinski definition) is 0. The highest BCUT2D eigenvalue weighted by Gasteiger charge is 2.04. The first-order valence-electron chi connectivity index (χ1n) is 5.61. The molecule has 0 radical (unpaired) electrons. The molecule has 2 rings (SSSR count). The molecular formula is C15H13ClO2. The Morgan fingerprint density at radius 3 is 2.39 bits per heavy atom. The van der Waals surface area contributed by atoms with Gasteiger partial charge in [0, 0.05) is 5.56 Å². The van der Waals surface area contributed by atoms with Crippen LogP contribution in [0, 0.1) is 6.92 Å². The molecule has 0 aliphatic rings. The zero-order chi connectivity index (χ0) is 13.1. The number of hydrogen-bond acceptors (Lipinski definition) is 2. The molecule has 0 saturated carbocycles. The molecule has 0 aromatic heterocycles. The number of ketones is 1. The molecular weight excluding hydrogens is 248 g/mol. The quantitative estimate of drug-likeness (QED) is 0.752. The normalized spacial score (nSPS) is 10.2. The minimum Gasteiger partial charge on any atom is -0.456 e. The first kappa shape index (κ1) is 12.7. The highest BCUT2D eigenvalue weighted by Crippen LogP contribution is 2.30. The van der Waals surface area contributed by atoms with Crippen LogP contribution in [0.4, 0.5) is 0 Å². The van der Waals surface area contributed by atoms with Gasteiger partial charge in [0.2, 0.25) is 0 Å². The average Bonchev–Trinajstić information content (AvgIpc) is 2.34. The summed E-state index contributed by atoms with van der Waals surface area (Å²) in [5.41, 5.74) is 1.74. The van der Waals surface area contributed by atoms with Crippen LogP contribution in [-0.4, -0.2) is 5.78 Å². The Kier molecular flexibility index (Phi) is 3.68. The van der Waals surface area contributed by atoms with E-state index < -0.39 is 0 Å². The van der Waals surface area contributed by atoms with Gasteiger partial charge in [-0.15, -0.1) is 0 Å². The largest absolute Gasteiger partial charge is 0.456 e.